The summed E-state index contributed by atoms with van der Waals surface area (Å²) in [7, 11) is 1.95. The minimum Gasteiger partial charge on any atom is -0.377 e. The quantitative estimate of drug-likeness (QED) is 0.911. The first kappa shape index (κ1) is 11.9. The fourth-order valence-electron chi connectivity index (χ4n) is 1.55. The summed E-state index contributed by atoms with van der Waals surface area (Å²) < 4.78 is 1.96. The van der Waals surface area contributed by atoms with Gasteiger partial charge in [0.05, 0.1) is 17.3 Å². The van der Waals surface area contributed by atoms with E-state index in [0.717, 1.165) is 22.4 Å². The summed E-state index contributed by atoms with van der Waals surface area (Å²) in [6.07, 6.45) is 0. The first-order chi connectivity index (χ1) is 8.08. The molecule has 0 radical (unpaired) electrons. The van der Waals surface area contributed by atoms with Gasteiger partial charge in [-0.15, -0.1) is 10.2 Å². The number of hydrogen-bond acceptors (Lipinski definition) is 3. The van der Waals surface area contributed by atoms with Crippen LogP contribution in [0.15, 0.2) is 18.2 Å². The average Bonchev–Trinajstić information content (AvgIpc) is 2.62. The molecule has 0 bridgehead atoms. The maximum atomic E-state index is 6.10. The van der Waals surface area contributed by atoms with Gasteiger partial charge in [0.2, 0.25) is 0 Å². The number of benzene rings is 1. The highest BCUT2D eigenvalue weighted by molar-refractivity contribution is 6.33. The Hall–Kier alpha value is -1.55. The standard InChI is InChI=1S/C12H15ClN4/c1-8-4-5-10(13)11(6-8)14-7-12-16-15-9(2)17(12)3/h4-6,14H,7H2,1-3H3. The van der Waals surface area contributed by atoms with Crippen LogP contribution < -0.4 is 5.32 Å². The minimum atomic E-state index is 0.612. The maximum Gasteiger partial charge on any atom is 0.152 e. The molecule has 0 aliphatic heterocycles. The van der Waals surface area contributed by atoms with Crippen molar-refractivity contribution in [2.75, 3.05) is 5.32 Å². The van der Waals surface area contributed by atoms with Gasteiger partial charge in [-0.3, -0.25) is 0 Å². The van der Waals surface area contributed by atoms with Crippen molar-refractivity contribution in [3.63, 3.8) is 0 Å². The SMILES string of the molecule is Cc1ccc(Cl)c(NCc2nnc(C)n2C)c1. The molecule has 2 aromatic rings. The second-order valence-corrected chi connectivity index (χ2v) is 4.47. The zero-order valence-electron chi connectivity index (χ0n) is 10.2. The lowest BCUT2D eigenvalue weighted by Crippen LogP contribution is -2.07. The maximum absolute atomic E-state index is 6.10. The molecule has 17 heavy (non-hydrogen) atoms. The van der Waals surface area contributed by atoms with Crippen LogP contribution in [0.3, 0.4) is 0 Å². The van der Waals surface area contributed by atoms with Crippen LogP contribution in [0.2, 0.25) is 5.02 Å². The predicted molar refractivity (Wildman–Crippen MR) is 69.3 cm³/mol. The molecule has 1 N–H and O–H groups in total. The smallest absolute Gasteiger partial charge is 0.152 e. The molecule has 5 heteroatoms. The molecule has 0 saturated carbocycles. The monoisotopic (exact) mass is 250 g/mol. The molecule has 90 valence electrons. The van der Waals surface area contributed by atoms with Crippen molar-refractivity contribution >= 4 is 17.3 Å². The lowest BCUT2D eigenvalue weighted by Gasteiger charge is -2.08. The van der Waals surface area contributed by atoms with E-state index in [9.17, 15) is 0 Å². The second-order valence-electron chi connectivity index (χ2n) is 4.06. The molecule has 0 fully saturated rings. The van der Waals surface area contributed by atoms with Gasteiger partial charge in [-0.2, -0.15) is 0 Å². The average molecular weight is 251 g/mol. The summed E-state index contributed by atoms with van der Waals surface area (Å²) >= 11 is 6.10. The highest BCUT2D eigenvalue weighted by atomic mass is 35.5. The van der Waals surface area contributed by atoms with Crippen LogP contribution in [0.4, 0.5) is 5.69 Å². The Labute approximate surface area is 106 Å². The number of halogens is 1. The van der Waals surface area contributed by atoms with Crippen molar-refractivity contribution in [2.45, 2.75) is 20.4 Å². The van der Waals surface area contributed by atoms with Crippen LogP contribution in [-0.4, -0.2) is 14.8 Å². The highest BCUT2D eigenvalue weighted by Gasteiger charge is 2.05. The van der Waals surface area contributed by atoms with Gasteiger partial charge in [0, 0.05) is 7.05 Å². The van der Waals surface area contributed by atoms with Crippen LogP contribution in [0.5, 0.6) is 0 Å². The highest BCUT2D eigenvalue weighted by Crippen LogP contribution is 2.23. The Morgan fingerprint density at radius 3 is 2.71 bits per heavy atom. The van der Waals surface area contributed by atoms with E-state index in [0.29, 0.717) is 6.54 Å². The first-order valence-electron chi connectivity index (χ1n) is 5.43. The summed E-state index contributed by atoms with van der Waals surface area (Å²) in [6, 6.07) is 5.90. The van der Waals surface area contributed by atoms with Crippen molar-refractivity contribution < 1.29 is 0 Å². The summed E-state index contributed by atoms with van der Waals surface area (Å²) in [4.78, 5) is 0. The van der Waals surface area contributed by atoms with Crippen LogP contribution in [0.25, 0.3) is 0 Å². The van der Waals surface area contributed by atoms with Crippen LogP contribution in [0.1, 0.15) is 17.2 Å². The molecular formula is C12H15ClN4. The van der Waals surface area contributed by atoms with Crippen molar-refractivity contribution in [1.82, 2.24) is 14.8 Å². The Bertz CT molecular complexity index is 533. The number of hydrogen-bond donors (Lipinski definition) is 1. The zero-order chi connectivity index (χ0) is 12.4. The van der Waals surface area contributed by atoms with E-state index < -0.39 is 0 Å². The summed E-state index contributed by atoms with van der Waals surface area (Å²) in [5, 5.41) is 12.1. The molecular weight excluding hydrogens is 236 g/mol. The molecule has 0 aliphatic rings. The number of anilines is 1. The van der Waals surface area contributed by atoms with Gasteiger partial charge in [0.25, 0.3) is 0 Å². The van der Waals surface area contributed by atoms with Gasteiger partial charge < -0.3 is 9.88 Å². The normalized spacial score (nSPS) is 10.6. The molecule has 0 amide bonds. The minimum absolute atomic E-state index is 0.612. The number of rotatable bonds is 3. The molecule has 1 aromatic heterocycles. The van der Waals surface area contributed by atoms with Crippen LogP contribution >= 0.6 is 11.6 Å². The Balaban J connectivity index is 2.12. The molecule has 1 heterocycles. The van der Waals surface area contributed by atoms with Gasteiger partial charge in [0.1, 0.15) is 5.82 Å². The van der Waals surface area contributed by atoms with E-state index in [1.807, 2.05) is 43.7 Å². The Kier molecular flexibility index (Phi) is 3.33. The van der Waals surface area contributed by atoms with Gasteiger partial charge >= 0.3 is 0 Å². The molecule has 0 saturated heterocycles. The predicted octanol–water partition coefficient (Wildman–Crippen LogP) is 2.70. The molecule has 0 aliphatic carbocycles. The van der Waals surface area contributed by atoms with E-state index >= 15 is 0 Å². The van der Waals surface area contributed by atoms with Crippen LogP contribution in [0, 0.1) is 13.8 Å². The largest absolute Gasteiger partial charge is 0.377 e. The van der Waals surface area contributed by atoms with Gasteiger partial charge in [-0.1, -0.05) is 17.7 Å². The molecule has 4 nitrogen and oxygen atoms in total. The fraction of sp³-hybridized carbons (Fsp3) is 0.333. The number of aryl methyl sites for hydroxylation is 2. The Morgan fingerprint density at radius 2 is 2.06 bits per heavy atom. The van der Waals surface area contributed by atoms with E-state index in [-0.39, 0.29) is 0 Å². The lowest BCUT2D eigenvalue weighted by molar-refractivity contribution is 0.789. The van der Waals surface area contributed by atoms with Gasteiger partial charge in [0.15, 0.2) is 5.82 Å². The number of aromatic nitrogens is 3. The third kappa shape index (κ3) is 2.58. The lowest BCUT2D eigenvalue weighted by atomic mass is 10.2. The van der Waals surface area contributed by atoms with Crippen molar-refractivity contribution in [2.24, 2.45) is 7.05 Å². The van der Waals surface area contributed by atoms with Crippen molar-refractivity contribution in [3.8, 4) is 0 Å². The molecule has 0 unspecified atom stereocenters. The molecule has 0 spiro atoms. The van der Waals surface area contributed by atoms with E-state index in [1.165, 1.54) is 5.56 Å². The van der Waals surface area contributed by atoms with Crippen molar-refractivity contribution in [1.29, 1.82) is 0 Å². The number of nitrogens with zero attached hydrogens (tertiary/aromatic N) is 3. The molecule has 2 rings (SSSR count). The van der Waals surface area contributed by atoms with E-state index in [4.69, 9.17) is 11.6 Å². The topological polar surface area (TPSA) is 42.7 Å². The van der Waals surface area contributed by atoms with Crippen molar-refractivity contribution in [3.05, 3.63) is 40.4 Å². The Morgan fingerprint density at radius 1 is 1.29 bits per heavy atom. The first-order valence-corrected chi connectivity index (χ1v) is 5.80. The van der Waals surface area contributed by atoms with E-state index in [2.05, 4.69) is 15.5 Å². The molecule has 0 atom stereocenters. The summed E-state index contributed by atoms with van der Waals surface area (Å²) in [5.74, 6) is 1.79. The second kappa shape index (κ2) is 4.75. The summed E-state index contributed by atoms with van der Waals surface area (Å²) in [6.45, 7) is 4.57. The molecule has 1 aromatic carbocycles. The number of nitrogens with one attached hydrogen (secondary N) is 1. The van der Waals surface area contributed by atoms with Gasteiger partial charge in [-0.25, -0.2) is 0 Å². The third-order valence-electron chi connectivity index (χ3n) is 2.74. The summed E-state index contributed by atoms with van der Waals surface area (Å²) in [5.41, 5.74) is 2.10. The van der Waals surface area contributed by atoms with Crippen LogP contribution in [-0.2, 0) is 13.6 Å². The van der Waals surface area contributed by atoms with Gasteiger partial charge in [-0.05, 0) is 31.5 Å². The third-order valence-corrected chi connectivity index (χ3v) is 3.07. The van der Waals surface area contributed by atoms with E-state index in [1.54, 1.807) is 0 Å². The fourth-order valence-corrected chi connectivity index (χ4v) is 1.74. The zero-order valence-corrected chi connectivity index (χ0v) is 10.9.